The predicted molar refractivity (Wildman–Crippen MR) is 55.0 cm³/mol. The van der Waals surface area contributed by atoms with Gasteiger partial charge in [-0.3, -0.25) is 4.68 Å². The molecule has 0 bridgehead atoms. The van der Waals surface area contributed by atoms with E-state index in [4.69, 9.17) is 0 Å². The summed E-state index contributed by atoms with van der Waals surface area (Å²) < 4.78 is 25.6. The molecule has 1 rings (SSSR count). The maximum atomic E-state index is 11.9. The van der Waals surface area contributed by atoms with Gasteiger partial charge in [0, 0.05) is 25.4 Å². The van der Waals surface area contributed by atoms with Gasteiger partial charge in [0.25, 0.3) is 6.43 Å². The maximum Gasteiger partial charge on any atom is 0.250 e. The first-order chi connectivity index (χ1) is 7.00. The third-order valence-electron chi connectivity index (χ3n) is 2.10. The summed E-state index contributed by atoms with van der Waals surface area (Å²) in [6.07, 6.45) is -0.433. The van der Waals surface area contributed by atoms with Crippen LogP contribution in [0.2, 0.25) is 0 Å². The van der Waals surface area contributed by atoms with Crippen molar-refractivity contribution in [1.82, 2.24) is 15.1 Å². The fourth-order valence-electron chi connectivity index (χ4n) is 1.49. The molecule has 0 fully saturated rings. The molecule has 0 amide bonds. The second-order valence-electron chi connectivity index (χ2n) is 3.89. The fraction of sp³-hybridized carbons (Fsp3) is 0.700. The Hall–Kier alpha value is -0.970. The van der Waals surface area contributed by atoms with Gasteiger partial charge in [0.2, 0.25) is 0 Å². The Labute approximate surface area is 88.5 Å². The number of alkyl halides is 2. The van der Waals surface area contributed by atoms with Crippen molar-refractivity contribution in [2.24, 2.45) is 7.05 Å². The van der Waals surface area contributed by atoms with Crippen LogP contribution >= 0.6 is 0 Å². The van der Waals surface area contributed by atoms with E-state index in [0.29, 0.717) is 12.5 Å². The van der Waals surface area contributed by atoms with Crippen molar-refractivity contribution in [1.29, 1.82) is 0 Å². The van der Waals surface area contributed by atoms with Crippen molar-refractivity contribution in [2.45, 2.75) is 32.7 Å². The zero-order valence-electron chi connectivity index (χ0n) is 9.30. The van der Waals surface area contributed by atoms with Crippen LogP contribution in [0.15, 0.2) is 6.20 Å². The van der Waals surface area contributed by atoms with Gasteiger partial charge in [0.05, 0.1) is 12.2 Å². The van der Waals surface area contributed by atoms with Gasteiger partial charge in [-0.25, -0.2) is 8.78 Å². The molecule has 1 aromatic rings. The molecule has 1 heterocycles. The second kappa shape index (κ2) is 5.21. The molecule has 0 unspecified atom stereocenters. The highest BCUT2D eigenvalue weighted by Crippen LogP contribution is 2.16. The molecule has 0 saturated heterocycles. The van der Waals surface area contributed by atoms with E-state index in [1.54, 1.807) is 4.68 Å². The Kier molecular flexibility index (Phi) is 4.20. The Morgan fingerprint density at radius 1 is 1.47 bits per heavy atom. The maximum absolute atomic E-state index is 11.9. The topological polar surface area (TPSA) is 29.9 Å². The summed E-state index contributed by atoms with van der Waals surface area (Å²) in [5.41, 5.74) is 1.97. The minimum absolute atomic E-state index is 0.271. The monoisotopic (exact) mass is 217 g/mol. The molecule has 3 nitrogen and oxygen atoms in total. The molecule has 1 aromatic heterocycles. The second-order valence-corrected chi connectivity index (χ2v) is 3.89. The van der Waals surface area contributed by atoms with Gasteiger partial charge in [0.15, 0.2) is 0 Å². The van der Waals surface area contributed by atoms with E-state index >= 15 is 0 Å². The highest BCUT2D eigenvalue weighted by Gasteiger charge is 2.11. The lowest BCUT2D eigenvalue weighted by molar-refractivity contribution is 0.145. The molecule has 15 heavy (non-hydrogen) atoms. The van der Waals surface area contributed by atoms with Crippen LogP contribution in [0.5, 0.6) is 0 Å². The summed E-state index contributed by atoms with van der Waals surface area (Å²) in [5.74, 6) is 0.314. The number of aromatic nitrogens is 2. The van der Waals surface area contributed by atoms with Crippen LogP contribution in [-0.2, 0) is 13.6 Å². The Morgan fingerprint density at radius 3 is 2.67 bits per heavy atom. The van der Waals surface area contributed by atoms with Crippen LogP contribution in [0.1, 0.15) is 31.0 Å². The Morgan fingerprint density at radius 2 is 2.13 bits per heavy atom. The van der Waals surface area contributed by atoms with E-state index < -0.39 is 6.43 Å². The van der Waals surface area contributed by atoms with Gasteiger partial charge in [-0.2, -0.15) is 5.10 Å². The Balaban J connectivity index is 2.59. The van der Waals surface area contributed by atoms with E-state index in [9.17, 15) is 8.78 Å². The highest BCUT2D eigenvalue weighted by molar-refractivity contribution is 5.19. The first-order valence-corrected chi connectivity index (χ1v) is 5.02. The van der Waals surface area contributed by atoms with Gasteiger partial charge in [-0.05, 0) is 5.92 Å². The lowest BCUT2D eigenvalue weighted by Gasteiger charge is -2.06. The van der Waals surface area contributed by atoms with Crippen LogP contribution in [0.3, 0.4) is 0 Å². The summed E-state index contributed by atoms with van der Waals surface area (Å²) >= 11 is 0. The van der Waals surface area contributed by atoms with Crippen molar-refractivity contribution in [3.05, 3.63) is 17.5 Å². The molecular weight excluding hydrogens is 200 g/mol. The number of halogens is 2. The molecule has 0 saturated carbocycles. The van der Waals surface area contributed by atoms with Gasteiger partial charge in [-0.15, -0.1) is 0 Å². The largest absolute Gasteiger partial charge is 0.307 e. The fourth-order valence-corrected chi connectivity index (χ4v) is 1.49. The number of hydrogen-bond acceptors (Lipinski definition) is 2. The molecule has 0 aliphatic heterocycles. The minimum Gasteiger partial charge on any atom is -0.307 e. The summed E-state index contributed by atoms with van der Waals surface area (Å²) in [6, 6.07) is 0. The quantitative estimate of drug-likeness (QED) is 0.816. The van der Waals surface area contributed by atoms with Gasteiger partial charge >= 0.3 is 0 Å². The first kappa shape index (κ1) is 12.1. The molecular formula is C10H17F2N3. The SMILES string of the molecule is CC(C)c1nn(C)cc1CNCC(F)F. The molecule has 0 atom stereocenters. The van der Waals surface area contributed by atoms with Crippen molar-refractivity contribution < 1.29 is 8.78 Å². The zero-order valence-corrected chi connectivity index (χ0v) is 9.30. The average molecular weight is 217 g/mol. The van der Waals surface area contributed by atoms with Crippen molar-refractivity contribution in [3.63, 3.8) is 0 Å². The smallest absolute Gasteiger partial charge is 0.250 e. The van der Waals surface area contributed by atoms with E-state index in [2.05, 4.69) is 10.4 Å². The lowest BCUT2D eigenvalue weighted by atomic mass is 10.1. The third kappa shape index (κ3) is 3.58. The van der Waals surface area contributed by atoms with E-state index in [-0.39, 0.29) is 6.54 Å². The molecule has 0 spiro atoms. The van der Waals surface area contributed by atoms with Gasteiger partial charge in [-0.1, -0.05) is 13.8 Å². The molecule has 86 valence electrons. The number of nitrogens with one attached hydrogen (secondary N) is 1. The normalized spacial score (nSPS) is 11.7. The van der Waals surface area contributed by atoms with Crippen LogP contribution in [0, 0.1) is 0 Å². The van der Waals surface area contributed by atoms with Crippen molar-refractivity contribution in [3.8, 4) is 0 Å². The first-order valence-electron chi connectivity index (χ1n) is 5.02. The molecule has 0 aliphatic carbocycles. The Bertz CT molecular complexity index is 308. The minimum atomic E-state index is -2.30. The molecule has 1 N–H and O–H groups in total. The molecule has 0 aliphatic rings. The van der Waals surface area contributed by atoms with Crippen LogP contribution in [0.4, 0.5) is 8.78 Å². The average Bonchev–Trinajstić information content (AvgIpc) is 2.46. The number of aryl methyl sites for hydroxylation is 1. The lowest BCUT2D eigenvalue weighted by Crippen LogP contribution is -2.21. The van der Waals surface area contributed by atoms with E-state index in [0.717, 1.165) is 11.3 Å². The summed E-state index contributed by atoms with van der Waals surface area (Å²) in [4.78, 5) is 0. The third-order valence-corrected chi connectivity index (χ3v) is 2.10. The van der Waals surface area contributed by atoms with Crippen LogP contribution < -0.4 is 5.32 Å². The van der Waals surface area contributed by atoms with Gasteiger partial charge < -0.3 is 5.32 Å². The molecule has 0 radical (unpaired) electrons. The van der Waals surface area contributed by atoms with Crippen molar-refractivity contribution >= 4 is 0 Å². The van der Waals surface area contributed by atoms with Gasteiger partial charge in [0.1, 0.15) is 0 Å². The molecule has 5 heteroatoms. The van der Waals surface area contributed by atoms with E-state index in [1.165, 1.54) is 0 Å². The zero-order chi connectivity index (χ0) is 11.4. The van der Waals surface area contributed by atoms with E-state index in [1.807, 2.05) is 27.1 Å². The predicted octanol–water partition coefficient (Wildman–Crippen LogP) is 1.90. The number of hydrogen-bond donors (Lipinski definition) is 1. The number of rotatable bonds is 5. The van der Waals surface area contributed by atoms with Crippen LogP contribution in [0.25, 0.3) is 0 Å². The highest BCUT2D eigenvalue weighted by atomic mass is 19.3. The summed E-state index contributed by atoms with van der Waals surface area (Å²) in [7, 11) is 1.84. The molecule has 0 aromatic carbocycles. The summed E-state index contributed by atoms with van der Waals surface area (Å²) in [6.45, 7) is 4.26. The van der Waals surface area contributed by atoms with Crippen molar-refractivity contribution in [2.75, 3.05) is 6.54 Å². The standard InChI is InChI=1S/C10H17F2N3/c1-7(2)10-8(6-15(3)14-10)4-13-5-9(11)12/h6-7,9,13H,4-5H2,1-3H3. The summed E-state index contributed by atoms with van der Waals surface area (Å²) in [5, 5.41) is 7.00. The number of nitrogens with zero attached hydrogens (tertiary/aromatic N) is 2. The van der Waals surface area contributed by atoms with Crippen LogP contribution in [-0.4, -0.2) is 22.8 Å².